The van der Waals surface area contributed by atoms with Gasteiger partial charge in [-0.3, -0.25) is 0 Å². The smallest absolute Gasteiger partial charge is 0.248 e. The molecule has 2 aromatic rings. The van der Waals surface area contributed by atoms with Crippen LogP contribution in [0.3, 0.4) is 0 Å². The van der Waals surface area contributed by atoms with E-state index < -0.39 is 10.0 Å². The van der Waals surface area contributed by atoms with Crippen molar-refractivity contribution in [1.82, 2.24) is 19.6 Å². The van der Waals surface area contributed by atoms with Crippen LogP contribution in [0.4, 0.5) is 0 Å². The molecule has 1 saturated heterocycles. The van der Waals surface area contributed by atoms with Crippen LogP contribution in [0.15, 0.2) is 13.9 Å². The number of nitrogens with zero attached hydrogens (tertiary/aromatic N) is 4. The number of sulfonamides is 1. The first-order valence-electron chi connectivity index (χ1n) is 8.21. The van der Waals surface area contributed by atoms with Crippen molar-refractivity contribution in [2.24, 2.45) is 0 Å². The maximum absolute atomic E-state index is 12.9. The fourth-order valence-corrected chi connectivity index (χ4v) is 4.79. The zero-order valence-corrected chi connectivity index (χ0v) is 15.4. The summed E-state index contributed by atoms with van der Waals surface area (Å²) in [6, 6.07) is 0. The molecule has 0 N–H and O–H groups in total. The highest BCUT2D eigenvalue weighted by molar-refractivity contribution is 7.89. The lowest BCUT2D eigenvalue weighted by Gasteiger charge is -2.31. The summed E-state index contributed by atoms with van der Waals surface area (Å²) in [6.45, 7) is 6.18. The Labute approximate surface area is 146 Å². The Morgan fingerprint density at radius 2 is 2.04 bits per heavy atom. The van der Waals surface area contributed by atoms with Gasteiger partial charge in [-0.25, -0.2) is 8.42 Å². The lowest BCUT2D eigenvalue weighted by Crippen LogP contribution is -2.43. The maximum Gasteiger partial charge on any atom is 0.248 e. The normalized spacial score (nSPS) is 19.4. The van der Waals surface area contributed by atoms with Crippen molar-refractivity contribution in [2.75, 3.05) is 19.7 Å². The van der Waals surface area contributed by atoms with Gasteiger partial charge in [0.1, 0.15) is 10.6 Å². The molecule has 1 aliphatic rings. The second-order valence-electron chi connectivity index (χ2n) is 6.13. The van der Waals surface area contributed by atoms with Crippen molar-refractivity contribution in [3.63, 3.8) is 0 Å². The van der Waals surface area contributed by atoms with E-state index >= 15 is 0 Å². The van der Waals surface area contributed by atoms with E-state index in [1.54, 1.807) is 20.8 Å². The van der Waals surface area contributed by atoms with Crippen LogP contribution in [0.25, 0.3) is 0 Å². The van der Waals surface area contributed by atoms with Gasteiger partial charge in [-0.1, -0.05) is 10.3 Å². The van der Waals surface area contributed by atoms with E-state index in [2.05, 4.69) is 15.3 Å². The van der Waals surface area contributed by atoms with E-state index in [9.17, 15) is 8.42 Å². The Hall–Kier alpha value is -1.78. The summed E-state index contributed by atoms with van der Waals surface area (Å²) in [6.07, 6.45) is 1.94. The molecule has 0 saturated carbocycles. The highest BCUT2D eigenvalue weighted by atomic mass is 32.2. The van der Waals surface area contributed by atoms with Crippen LogP contribution in [0.1, 0.15) is 36.0 Å². The second-order valence-corrected chi connectivity index (χ2v) is 8.01. The van der Waals surface area contributed by atoms with Crippen molar-refractivity contribution in [3.8, 4) is 0 Å². The van der Waals surface area contributed by atoms with Crippen molar-refractivity contribution < 1.29 is 22.2 Å². The minimum absolute atomic E-state index is 0.156. The minimum Gasteiger partial charge on any atom is -0.376 e. The summed E-state index contributed by atoms with van der Waals surface area (Å²) < 4.78 is 42.9. The highest BCUT2D eigenvalue weighted by Gasteiger charge is 2.34. The molecule has 0 amide bonds. The summed E-state index contributed by atoms with van der Waals surface area (Å²) in [5, 5.41) is 7.56. The quantitative estimate of drug-likeness (QED) is 0.750. The number of aromatic nitrogens is 3. The standard InChI is InChI=1S/C15H22N4O5S/c1-10-15(11(2)23-17-10)25(20,21)19-7-4-5-13(9-19)22-8-6-14-16-12(3)24-18-14/h13H,4-9H2,1-3H3. The van der Waals surface area contributed by atoms with Gasteiger partial charge in [-0.05, 0) is 26.7 Å². The topological polar surface area (TPSA) is 112 Å². The average molecular weight is 370 g/mol. The fraction of sp³-hybridized carbons (Fsp3) is 0.667. The third-order valence-corrected chi connectivity index (χ3v) is 6.27. The molecule has 2 aromatic heterocycles. The van der Waals surface area contributed by atoms with Gasteiger partial charge in [0.05, 0.1) is 12.7 Å². The van der Waals surface area contributed by atoms with Gasteiger partial charge in [0.2, 0.25) is 15.9 Å². The molecule has 1 atom stereocenters. The zero-order chi connectivity index (χ0) is 18.0. The van der Waals surface area contributed by atoms with Crippen molar-refractivity contribution in [3.05, 3.63) is 23.2 Å². The molecule has 1 unspecified atom stereocenters. The molecule has 0 radical (unpaired) electrons. The number of hydrogen-bond acceptors (Lipinski definition) is 8. The number of piperidine rings is 1. The third kappa shape index (κ3) is 3.91. The van der Waals surface area contributed by atoms with Crippen LogP contribution >= 0.6 is 0 Å². The van der Waals surface area contributed by atoms with Gasteiger partial charge < -0.3 is 13.8 Å². The second kappa shape index (κ2) is 7.22. The van der Waals surface area contributed by atoms with E-state index in [1.165, 1.54) is 4.31 Å². The molecule has 9 nitrogen and oxygen atoms in total. The molecule has 0 aromatic carbocycles. The van der Waals surface area contributed by atoms with E-state index in [1.807, 2.05) is 0 Å². The predicted molar refractivity (Wildman–Crippen MR) is 86.4 cm³/mol. The van der Waals surface area contributed by atoms with Crippen LogP contribution in [-0.2, 0) is 21.2 Å². The summed E-state index contributed by atoms with van der Waals surface area (Å²) in [7, 11) is -3.63. The third-order valence-electron chi connectivity index (χ3n) is 4.16. The zero-order valence-electron chi connectivity index (χ0n) is 14.6. The molecule has 1 aliphatic heterocycles. The Bertz CT molecular complexity index is 809. The SMILES string of the molecule is Cc1nc(CCOC2CCCN(S(=O)(=O)c3c(C)noc3C)C2)no1. The number of ether oxygens (including phenoxy) is 1. The molecule has 1 fully saturated rings. The van der Waals surface area contributed by atoms with Gasteiger partial charge in [-0.15, -0.1) is 0 Å². The predicted octanol–water partition coefficient (Wildman–Crippen LogP) is 1.40. The minimum atomic E-state index is -3.63. The molecule has 138 valence electrons. The van der Waals surface area contributed by atoms with Crippen LogP contribution in [0.2, 0.25) is 0 Å². The first-order chi connectivity index (χ1) is 11.9. The molecule has 3 rings (SSSR count). The highest BCUT2D eigenvalue weighted by Crippen LogP contribution is 2.26. The van der Waals surface area contributed by atoms with Gasteiger partial charge in [0.25, 0.3) is 0 Å². The van der Waals surface area contributed by atoms with Gasteiger partial charge >= 0.3 is 0 Å². The maximum atomic E-state index is 12.9. The van der Waals surface area contributed by atoms with Gasteiger partial charge in [0.15, 0.2) is 11.6 Å². The van der Waals surface area contributed by atoms with E-state index in [4.69, 9.17) is 13.8 Å². The van der Waals surface area contributed by atoms with Gasteiger partial charge in [-0.2, -0.15) is 9.29 Å². The molecule has 3 heterocycles. The first kappa shape index (κ1) is 18.0. The molecular weight excluding hydrogens is 348 g/mol. The Balaban J connectivity index is 1.61. The Morgan fingerprint density at radius 1 is 1.24 bits per heavy atom. The summed E-state index contributed by atoms with van der Waals surface area (Å²) >= 11 is 0. The largest absolute Gasteiger partial charge is 0.376 e. The van der Waals surface area contributed by atoms with Crippen LogP contribution in [-0.4, -0.2) is 53.8 Å². The first-order valence-corrected chi connectivity index (χ1v) is 9.65. The number of hydrogen-bond donors (Lipinski definition) is 0. The number of rotatable bonds is 6. The van der Waals surface area contributed by atoms with Crippen molar-refractivity contribution in [1.29, 1.82) is 0 Å². The van der Waals surface area contributed by atoms with Gasteiger partial charge in [0, 0.05) is 26.4 Å². The molecule has 0 bridgehead atoms. The van der Waals surface area contributed by atoms with Crippen LogP contribution < -0.4 is 0 Å². The lowest BCUT2D eigenvalue weighted by atomic mass is 10.1. The van der Waals surface area contributed by atoms with Crippen LogP contribution in [0, 0.1) is 20.8 Å². The average Bonchev–Trinajstić information content (AvgIpc) is 3.13. The molecular formula is C15H22N4O5S. The molecule has 0 spiro atoms. The van der Waals surface area contributed by atoms with E-state index in [-0.39, 0.29) is 11.0 Å². The van der Waals surface area contributed by atoms with E-state index in [0.717, 1.165) is 12.8 Å². The van der Waals surface area contributed by atoms with E-state index in [0.29, 0.717) is 49.3 Å². The molecule has 0 aliphatic carbocycles. The number of aryl methyl sites for hydroxylation is 3. The monoisotopic (exact) mass is 370 g/mol. The Morgan fingerprint density at radius 3 is 2.68 bits per heavy atom. The summed E-state index contributed by atoms with van der Waals surface area (Å²) in [5.41, 5.74) is 0.382. The molecule has 10 heteroatoms. The van der Waals surface area contributed by atoms with Crippen molar-refractivity contribution in [2.45, 2.75) is 51.0 Å². The summed E-state index contributed by atoms with van der Waals surface area (Å²) in [5.74, 6) is 1.42. The fourth-order valence-electron chi connectivity index (χ4n) is 2.99. The summed E-state index contributed by atoms with van der Waals surface area (Å²) in [4.78, 5) is 4.28. The molecule has 25 heavy (non-hydrogen) atoms. The van der Waals surface area contributed by atoms with Crippen molar-refractivity contribution >= 4 is 10.0 Å². The van der Waals surface area contributed by atoms with Crippen LogP contribution in [0.5, 0.6) is 0 Å². The lowest BCUT2D eigenvalue weighted by molar-refractivity contribution is 0.0198. The Kier molecular flexibility index (Phi) is 5.21.